The Morgan fingerprint density at radius 3 is 2.80 bits per heavy atom. The molecule has 0 aliphatic heterocycles. The highest BCUT2D eigenvalue weighted by molar-refractivity contribution is 5.85. The second kappa shape index (κ2) is 3.90. The lowest BCUT2D eigenvalue weighted by atomic mass is 10.6. The first-order valence-corrected chi connectivity index (χ1v) is 2.48. The fourth-order valence-electron chi connectivity index (χ4n) is 0.533. The summed E-state index contributed by atoms with van der Waals surface area (Å²) in [6, 6.07) is 1.68. The molecule has 56 valence electrons. The number of rotatable bonds is 2. The summed E-state index contributed by atoms with van der Waals surface area (Å²) < 4.78 is 1.35. The molecule has 1 aromatic rings. The maximum Gasteiger partial charge on any atom is 0.325 e. The monoisotopic (exact) mass is 162 g/mol. The predicted molar refractivity (Wildman–Crippen MR) is 37.1 cm³/mol. The maximum atomic E-state index is 10.0. The molecule has 1 heterocycles. The number of halogens is 1. The highest BCUT2D eigenvalue weighted by Gasteiger charge is 1.95. The molecule has 5 heteroatoms. The van der Waals surface area contributed by atoms with Crippen molar-refractivity contribution in [2.45, 2.75) is 6.54 Å². The van der Waals surface area contributed by atoms with E-state index in [1.807, 2.05) is 0 Å². The van der Waals surface area contributed by atoms with Crippen molar-refractivity contribution in [2.75, 3.05) is 0 Å². The van der Waals surface area contributed by atoms with Gasteiger partial charge in [-0.15, -0.1) is 12.4 Å². The normalized spacial score (nSPS) is 8.40. The molecule has 0 saturated heterocycles. The second-order valence-electron chi connectivity index (χ2n) is 1.60. The molecule has 0 atom stereocenters. The zero-order chi connectivity index (χ0) is 6.69. The second-order valence-corrected chi connectivity index (χ2v) is 1.60. The van der Waals surface area contributed by atoms with E-state index in [4.69, 9.17) is 5.11 Å². The van der Waals surface area contributed by atoms with Crippen molar-refractivity contribution in [3.8, 4) is 0 Å². The van der Waals surface area contributed by atoms with Crippen LogP contribution in [0.3, 0.4) is 0 Å². The van der Waals surface area contributed by atoms with Gasteiger partial charge in [0.05, 0.1) is 0 Å². The zero-order valence-electron chi connectivity index (χ0n) is 5.10. The number of carboxylic acid groups (broad SMARTS) is 1. The molecule has 10 heavy (non-hydrogen) atoms. The lowest BCUT2D eigenvalue weighted by Gasteiger charge is -1.91. The molecule has 0 bridgehead atoms. The summed E-state index contributed by atoms with van der Waals surface area (Å²) in [7, 11) is 0. The molecule has 4 nitrogen and oxygen atoms in total. The first kappa shape index (κ1) is 8.97. The Morgan fingerprint density at radius 2 is 2.40 bits per heavy atom. The molecule has 0 spiro atoms. The summed E-state index contributed by atoms with van der Waals surface area (Å²) in [6.45, 7) is -0.0625. The summed E-state index contributed by atoms with van der Waals surface area (Å²) in [6.07, 6.45) is 3.15. The number of hydrogen-bond acceptors (Lipinski definition) is 2. The van der Waals surface area contributed by atoms with Gasteiger partial charge in [0.2, 0.25) is 0 Å². The predicted octanol–water partition coefficient (Wildman–Crippen LogP) is 0.389. The van der Waals surface area contributed by atoms with Gasteiger partial charge < -0.3 is 5.11 Å². The van der Waals surface area contributed by atoms with Gasteiger partial charge in [-0.1, -0.05) is 0 Å². The Hall–Kier alpha value is -1.03. The van der Waals surface area contributed by atoms with Gasteiger partial charge in [-0.3, -0.25) is 9.48 Å². The highest BCUT2D eigenvalue weighted by Crippen LogP contribution is 1.82. The number of nitrogens with zero attached hydrogens (tertiary/aromatic N) is 2. The van der Waals surface area contributed by atoms with Gasteiger partial charge in [-0.25, -0.2) is 0 Å². The minimum Gasteiger partial charge on any atom is -0.480 e. The van der Waals surface area contributed by atoms with Crippen LogP contribution in [0.4, 0.5) is 0 Å². The van der Waals surface area contributed by atoms with Gasteiger partial charge in [0.15, 0.2) is 0 Å². The van der Waals surface area contributed by atoms with Gasteiger partial charge in [0.1, 0.15) is 6.54 Å². The summed E-state index contributed by atoms with van der Waals surface area (Å²) in [5.41, 5.74) is 0. The van der Waals surface area contributed by atoms with E-state index in [1.165, 1.54) is 4.68 Å². The van der Waals surface area contributed by atoms with Gasteiger partial charge >= 0.3 is 5.97 Å². The van der Waals surface area contributed by atoms with Gasteiger partial charge in [-0.05, 0) is 6.07 Å². The van der Waals surface area contributed by atoms with Crippen molar-refractivity contribution in [2.24, 2.45) is 0 Å². The molecule has 0 aromatic carbocycles. The fourth-order valence-corrected chi connectivity index (χ4v) is 0.533. The van der Waals surface area contributed by atoms with Crippen molar-refractivity contribution in [1.29, 1.82) is 0 Å². The summed E-state index contributed by atoms with van der Waals surface area (Å²) in [5.74, 6) is -0.876. The van der Waals surface area contributed by atoms with Crippen molar-refractivity contribution in [1.82, 2.24) is 9.78 Å². The van der Waals surface area contributed by atoms with Crippen LogP contribution in [0.5, 0.6) is 0 Å². The van der Waals surface area contributed by atoms with E-state index >= 15 is 0 Å². The van der Waals surface area contributed by atoms with E-state index in [-0.39, 0.29) is 19.0 Å². The fraction of sp³-hybridized carbons (Fsp3) is 0.200. The topological polar surface area (TPSA) is 55.1 Å². The average molecular weight is 163 g/mol. The molecule has 0 aliphatic carbocycles. The molecule has 0 fully saturated rings. The van der Waals surface area contributed by atoms with Crippen molar-refractivity contribution in [3.63, 3.8) is 0 Å². The van der Waals surface area contributed by atoms with Crippen LogP contribution in [-0.2, 0) is 11.3 Å². The Labute approximate surface area is 63.9 Å². The van der Waals surface area contributed by atoms with E-state index in [0.29, 0.717) is 0 Å². The van der Waals surface area contributed by atoms with Crippen molar-refractivity contribution in [3.05, 3.63) is 18.5 Å². The zero-order valence-corrected chi connectivity index (χ0v) is 5.91. The van der Waals surface area contributed by atoms with Crippen LogP contribution in [-0.4, -0.2) is 20.9 Å². The van der Waals surface area contributed by atoms with Crippen molar-refractivity contribution < 1.29 is 9.90 Å². The lowest BCUT2D eigenvalue weighted by Crippen LogP contribution is -2.08. The smallest absolute Gasteiger partial charge is 0.325 e. The van der Waals surface area contributed by atoms with Crippen LogP contribution in [0.1, 0.15) is 0 Å². The molecule has 0 radical (unpaired) electrons. The van der Waals surface area contributed by atoms with E-state index in [2.05, 4.69) is 5.10 Å². The van der Waals surface area contributed by atoms with Crippen LogP contribution < -0.4 is 0 Å². The van der Waals surface area contributed by atoms with Crippen LogP contribution >= 0.6 is 12.4 Å². The maximum absolute atomic E-state index is 10.0. The summed E-state index contributed by atoms with van der Waals surface area (Å²) in [5, 5.41) is 11.9. The number of carboxylic acids is 1. The van der Waals surface area contributed by atoms with E-state index < -0.39 is 5.97 Å². The van der Waals surface area contributed by atoms with Gasteiger partial charge in [-0.2, -0.15) is 5.10 Å². The standard InChI is InChI=1S/C5H6N2O2.ClH/c8-5(9)4-7-3-1-2-6-7;/h1-3H,4H2,(H,8,9);1H. The Morgan fingerprint density at radius 1 is 1.70 bits per heavy atom. The van der Waals surface area contributed by atoms with Gasteiger partial charge in [0, 0.05) is 12.4 Å². The van der Waals surface area contributed by atoms with Crippen LogP contribution in [0.15, 0.2) is 18.5 Å². The lowest BCUT2D eigenvalue weighted by molar-refractivity contribution is -0.137. The average Bonchev–Trinajstić information content (AvgIpc) is 2.15. The number of hydrogen-bond donors (Lipinski definition) is 1. The molecule has 0 saturated carbocycles. The number of aliphatic carboxylic acids is 1. The molecule has 1 aromatic heterocycles. The third-order valence-corrected chi connectivity index (χ3v) is 0.856. The number of aromatic nitrogens is 2. The Bertz CT molecular complexity index is 197. The number of carbonyl (C=O) groups is 1. The largest absolute Gasteiger partial charge is 0.480 e. The summed E-state index contributed by atoms with van der Waals surface area (Å²) in [4.78, 5) is 10.0. The Balaban J connectivity index is 0.000000810. The minimum atomic E-state index is -0.876. The van der Waals surface area contributed by atoms with Gasteiger partial charge in [0.25, 0.3) is 0 Å². The third-order valence-electron chi connectivity index (χ3n) is 0.856. The van der Waals surface area contributed by atoms with Crippen LogP contribution in [0.2, 0.25) is 0 Å². The SMILES string of the molecule is Cl.O=C(O)Cn1cccn1. The molecule has 0 amide bonds. The van der Waals surface area contributed by atoms with E-state index in [0.717, 1.165) is 0 Å². The summed E-state index contributed by atoms with van der Waals surface area (Å²) >= 11 is 0. The molecular formula is C5H7ClN2O2. The third kappa shape index (κ3) is 2.50. The van der Waals surface area contributed by atoms with Crippen LogP contribution in [0.25, 0.3) is 0 Å². The highest BCUT2D eigenvalue weighted by atomic mass is 35.5. The molecule has 1 N–H and O–H groups in total. The molecule has 0 unspecified atom stereocenters. The van der Waals surface area contributed by atoms with E-state index in [9.17, 15) is 4.79 Å². The van der Waals surface area contributed by atoms with Crippen molar-refractivity contribution >= 4 is 18.4 Å². The first-order valence-electron chi connectivity index (χ1n) is 2.48. The molecule has 0 aliphatic rings. The van der Waals surface area contributed by atoms with Crippen LogP contribution in [0, 0.1) is 0 Å². The quantitative estimate of drug-likeness (QED) is 0.685. The Kier molecular flexibility index (Phi) is 3.49. The molecular weight excluding hydrogens is 156 g/mol. The van der Waals surface area contributed by atoms with E-state index in [1.54, 1.807) is 18.5 Å². The minimum absolute atomic E-state index is 0. The molecule has 1 rings (SSSR count). The first-order chi connectivity index (χ1) is 4.29.